The first-order valence-corrected chi connectivity index (χ1v) is 23.3. The van der Waals surface area contributed by atoms with Gasteiger partial charge in [0.1, 0.15) is 54.4 Å². The summed E-state index contributed by atoms with van der Waals surface area (Å²) in [6.45, 7) is 8.91. The van der Waals surface area contributed by atoms with Crippen LogP contribution in [0.4, 0.5) is 0 Å². The molecule has 11 amide bonds. The lowest BCUT2D eigenvalue weighted by Crippen LogP contribution is -2.61. The fourth-order valence-electron chi connectivity index (χ4n) is 7.61. The number of rotatable bonds is 29. The molecule has 0 aromatic rings. The molecule has 2 aliphatic heterocycles. The molecule has 2 saturated heterocycles. The third-order valence-corrected chi connectivity index (χ3v) is 11.4. The minimum Gasteiger partial charge on any atom is -0.481 e. The van der Waals surface area contributed by atoms with Crippen molar-refractivity contribution < 1.29 is 77.6 Å². The van der Waals surface area contributed by atoms with E-state index in [0.717, 1.165) is 11.3 Å². The van der Waals surface area contributed by atoms with Crippen molar-refractivity contribution in [2.75, 3.05) is 19.7 Å². The number of nitrogens with one attached hydrogen (secondary N) is 9. The van der Waals surface area contributed by atoms with Crippen LogP contribution in [-0.2, 0) is 62.3 Å². The summed E-state index contributed by atoms with van der Waals surface area (Å²) in [5.41, 5.74) is 10.7. The van der Waals surface area contributed by atoms with Gasteiger partial charge in [0.15, 0.2) is 0 Å². The molecule has 0 spiro atoms. The number of carboxylic acids is 2. The first-order valence-electron chi connectivity index (χ1n) is 23.3. The number of carboxylic acid groups (broad SMARTS) is 2. The number of carbonyl (C=O) groups excluding carboxylic acids is 11. The molecule has 2 heterocycles. The number of hydrogen-bond acceptors (Lipinski definition) is 15. The van der Waals surface area contributed by atoms with Crippen LogP contribution in [-0.4, -0.2) is 177 Å². The lowest BCUT2D eigenvalue weighted by atomic mass is 10.0. The Labute approximate surface area is 409 Å². The van der Waals surface area contributed by atoms with Crippen molar-refractivity contribution >= 4 is 76.9 Å². The fraction of sp³-hybridized carbons (Fsp3) is 0.698. The summed E-state index contributed by atoms with van der Waals surface area (Å²) in [7, 11) is 0. The number of aliphatic carboxylic acids is 2. The number of likely N-dealkylation sites (tertiary alicyclic amines) is 1. The van der Waals surface area contributed by atoms with E-state index in [-0.39, 0.29) is 25.3 Å². The molecule has 0 saturated carbocycles. The SMILES string of the molecule is CC(C)C[C@H](NC(=O)[C@H](CC(=O)O)NC(=O)[C@H](CCC(N)=O)NC(=O)[C@H](C)NC(=O)[C@@H](NC(=O)[C@@H]1CCCN1)C(C)C)C(=O)N[C@@H](CC(N)=O)C(=O)N[C@@H](C)C(=O)N1CCC[C@H]1C(=O)N[C@@H](CO)C(=O)O. The second kappa shape index (κ2) is 28.6. The van der Waals surface area contributed by atoms with Crippen LogP contribution in [0.2, 0.25) is 0 Å². The zero-order valence-corrected chi connectivity index (χ0v) is 40.7. The van der Waals surface area contributed by atoms with Crippen molar-refractivity contribution in [3.05, 3.63) is 0 Å². The van der Waals surface area contributed by atoms with Crippen molar-refractivity contribution in [3.63, 3.8) is 0 Å². The van der Waals surface area contributed by atoms with Crippen LogP contribution in [0.3, 0.4) is 0 Å². The highest BCUT2D eigenvalue weighted by Gasteiger charge is 2.40. The molecule has 71 heavy (non-hydrogen) atoms. The first kappa shape index (κ1) is 60.2. The number of nitrogens with two attached hydrogens (primary N) is 2. The van der Waals surface area contributed by atoms with Gasteiger partial charge in [-0.25, -0.2) is 4.79 Å². The van der Waals surface area contributed by atoms with Gasteiger partial charge in [-0.1, -0.05) is 27.7 Å². The summed E-state index contributed by atoms with van der Waals surface area (Å²) in [4.78, 5) is 169. The number of amides is 11. The van der Waals surface area contributed by atoms with Gasteiger partial charge in [-0.05, 0) is 70.8 Å². The van der Waals surface area contributed by atoms with E-state index in [1.807, 2.05) is 0 Å². The van der Waals surface area contributed by atoms with Crippen LogP contribution in [0.25, 0.3) is 0 Å². The van der Waals surface area contributed by atoms with E-state index >= 15 is 0 Å². The third kappa shape index (κ3) is 19.7. The second-order valence-corrected chi connectivity index (χ2v) is 18.3. The fourth-order valence-corrected chi connectivity index (χ4v) is 7.61. The van der Waals surface area contributed by atoms with Gasteiger partial charge in [-0.15, -0.1) is 0 Å². The first-order chi connectivity index (χ1) is 33.2. The Morgan fingerprint density at radius 1 is 0.592 bits per heavy atom. The average molecular weight is 1010 g/mol. The molecule has 28 heteroatoms. The summed E-state index contributed by atoms with van der Waals surface area (Å²) in [6.07, 6.45) is -1.19. The van der Waals surface area contributed by atoms with E-state index < -0.39 is 176 Å². The minimum absolute atomic E-state index is 0.0392. The molecule has 0 bridgehead atoms. The molecule has 10 atom stereocenters. The van der Waals surface area contributed by atoms with Crippen LogP contribution < -0.4 is 59.3 Å². The molecule has 0 radical (unpaired) electrons. The number of carbonyl (C=O) groups is 13. The van der Waals surface area contributed by atoms with E-state index in [9.17, 15) is 77.6 Å². The van der Waals surface area contributed by atoms with Crippen molar-refractivity contribution in [1.82, 2.24) is 52.8 Å². The summed E-state index contributed by atoms with van der Waals surface area (Å²) >= 11 is 0. The van der Waals surface area contributed by atoms with Crippen LogP contribution in [0, 0.1) is 11.8 Å². The molecule has 28 nitrogen and oxygen atoms in total. The minimum atomic E-state index is -1.94. The van der Waals surface area contributed by atoms with Crippen LogP contribution in [0.1, 0.15) is 99.3 Å². The van der Waals surface area contributed by atoms with Crippen molar-refractivity contribution in [2.45, 2.75) is 160 Å². The molecule has 398 valence electrons. The highest BCUT2D eigenvalue weighted by atomic mass is 16.4. The molecular formula is C43H70N12O16. The van der Waals surface area contributed by atoms with Gasteiger partial charge in [0.05, 0.1) is 25.5 Å². The van der Waals surface area contributed by atoms with Gasteiger partial charge in [-0.2, -0.15) is 0 Å². The molecule has 2 rings (SSSR count). The van der Waals surface area contributed by atoms with Gasteiger partial charge < -0.3 is 79.5 Å². The smallest absolute Gasteiger partial charge is 0.328 e. The van der Waals surface area contributed by atoms with E-state index in [4.69, 9.17) is 11.5 Å². The van der Waals surface area contributed by atoms with Crippen LogP contribution in [0.5, 0.6) is 0 Å². The maximum Gasteiger partial charge on any atom is 0.328 e. The zero-order chi connectivity index (χ0) is 53.9. The monoisotopic (exact) mass is 1010 g/mol. The lowest BCUT2D eigenvalue weighted by molar-refractivity contribution is -0.145. The Hall–Kier alpha value is -6.97. The zero-order valence-electron chi connectivity index (χ0n) is 40.7. The molecule has 2 fully saturated rings. The van der Waals surface area contributed by atoms with Crippen LogP contribution in [0.15, 0.2) is 0 Å². The molecule has 0 aromatic heterocycles. The molecular weight excluding hydrogens is 941 g/mol. The normalized spacial score (nSPS) is 18.7. The van der Waals surface area contributed by atoms with Gasteiger partial charge >= 0.3 is 11.9 Å². The average Bonchev–Trinajstić information content (AvgIpc) is 4.01. The van der Waals surface area contributed by atoms with Crippen molar-refractivity contribution in [1.29, 1.82) is 0 Å². The van der Waals surface area contributed by atoms with Crippen molar-refractivity contribution in [3.8, 4) is 0 Å². The van der Waals surface area contributed by atoms with E-state index in [0.29, 0.717) is 19.4 Å². The topological polar surface area (TPSA) is 446 Å². The number of aliphatic hydroxyl groups excluding tert-OH is 1. The quantitative estimate of drug-likeness (QED) is 0.0332. The van der Waals surface area contributed by atoms with E-state index in [1.54, 1.807) is 27.7 Å². The summed E-state index contributed by atoms with van der Waals surface area (Å²) in [6, 6.07) is -14.0. The number of nitrogens with zero attached hydrogens (tertiary/aromatic N) is 1. The molecule has 0 aromatic carbocycles. The third-order valence-electron chi connectivity index (χ3n) is 11.4. The van der Waals surface area contributed by atoms with Gasteiger partial charge in [0.2, 0.25) is 65.0 Å². The molecule has 2 aliphatic rings. The number of hydrogen-bond donors (Lipinski definition) is 14. The molecule has 0 unspecified atom stereocenters. The standard InChI is InChI=1S/C43H70N12O16/c1-19(2)15-25(38(65)51-26(16-31(45)58)37(64)48-22(6)42(69)55-14-8-10-29(55)40(67)53-28(18-56)43(70)71)50-39(66)27(17-32(59)60)52-36(63)24(11-12-30(44)57)49-34(61)21(5)47-41(68)33(20(3)4)54-35(62)23-9-7-13-46-23/h19-29,33,46,56H,7-18H2,1-6H3,(H2,44,57)(H2,45,58)(H,47,68)(H,48,64)(H,49,61)(H,50,66)(H,51,65)(H,52,63)(H,53,67)(H,54,62)(H,59,60)(H,70,71)/t21-,22-,23-,24-,25-,26-,27-,28-,29-,33-/m0/s1. The van der Waals surface area contributed by atoms with E-state index in [1.165, 1.54) is 13.8 Å². The largest absolute Gasteiger partial charge is 0.481 e. The lowest BCUT2D eigenvalue weighted by Gasteiger charge is -2.29. The Kier molecular flexibility index (Phi) is 24.3. The second-order valence-electron chi connectivity index (χ2n) is 18.3. The van der Waals surface area contributed by atoms with Gasteiger partial charge in [0, 0.05) is 13.0 Å². The summed E-state index contributed by atoms with van der Waals surface area (Å²) in [5, 5.41) is 50.1. The Balaban J connectivity index is 2.25. The molecule has 16 N–H and O–H groups in total. The number of primary amides is 2. The highest BCUT2D eigenvalue weighted by Crippen LogP contribution is 2.19. The predicted molar refractivity (Wildman–Crippen MR) is 246 cm³/mol. The predicted octanol–water partition coefficient (Wildman–Crippen LogP) is -5.96. The Morgan fingerprint density at radius 3 is 1.66 bits per heavy atom. The van der Waals surface area contributed by atoms with E-state index in [2.05, 4.69) is 47.9 Å². The maximum atomic E-state index is 13.8. The number of aliphatic hydroxyl groups is 1. The maximum absolute atomic E-state index is 13.8. The van der Waals surface area contributed by atoms with Crippen LogP contribution >= 0.6 is 0 Å². The summed E-state index contributed by atoms with van der Waals surface area (Å²) < 4.78 is 0. The van der Waals surface area contributed by atoms with Crippen molar-refractivity contribution in [2.24, 2.45) is 23.3 Å². The van der Waals surface area contributed by atoms with Gasteiger partial charge in [-0.3, -0.25) is 57.5 Å². The Bertz CT molecular complexity index is 2000. The Morgan fingerprint density at radius 2 is 1.14 bits per heavy atom. The molecule has 0 aliphatic carbocycles. The summed E-state index contributed by atoms with van der Waals surface area (Å²) in [5.74, 6) is -14.2. The highest BCUT2D eigenvalue weighted by molar-refractivity contribution is 6.00. The van der Waals surface area contributed by atoms with Gasteiger partial charge in [0.25, 0.3) is 0 Å².